The monoisotopic (exact) mass is 228 g/mol. The minimum atomic E-state index is -0.712. The molecule has 4 N–H and O–H groups in total. The second kappa shape index (κ2) is 5.34. The van der Waals surface area contributed by atoms with Gasteiger partial charge in [0.25, 0.3) is 0 Å². The van der Waals surface area contributed by atoms with Crippen molar-refractivity contribution in [3.8, 4) is 0 Å². The van der Waals surface area contributed by atoms with Crippen LogP contribution in [0.4, 0.5) is 0 Å². The van der Waals surface area contributed by atoms with Gasteiger partial charge in [-0.3, -0.25) is 9.59 Å². The third kappa shape index (κ3) is 2.85. The maximum Gasteiger partial charge on any atom is 0.239 e. The summed E-state index contributed by atoms with van der Waals surface area (Å²) in [5, 5.41) is 13.9. The van der Waals surface area contributed by atoms with Gasteiger partial charge in [-0.2, -0.15) is 0 Å². The number of carbonyl (C=O) groups is 2. The van der Waals surface area contributed by atoms with Crippen molar-refractivity contribution in [1.29, 1.82) is 0 Å². The topological polar surface area (TPSA) is 108 Å². The van der Waals surface area contributed by atoms with Gasteiger partial charge in [-0.1, -0.05) is 5.16 Å². The van der Waals surface area contributed by atoms with Crippen molar-refractivity contribution in [3.05, 3.63) is 0 Å². The third-order valence-electron chi connectivity index (χ3n) is 2.50. The van der Waals surface area contributed by atoms with Gasteiger partial charge in [-0.25, -0.2) is 0 Å². The molecule has 1 saturated heterocycles. The molecule has 1 fully saturated rings. The highest BCUT2D eigenvalue weighted by molar-refractivity contribution is 6.02. The van der Waals surface area contributed by atoms with Gasteiger partial charge < -0.3 is 21.2 Å². The second-order valence-corrected chi connectivity index (χ2v) is 3.71. The molecular formula is C9H16N4O3. The van der Waals surface area contributed by atoms with Crippen molar-refractivity contribution in [3.63, 3.8) is 0 Å². The Labute approximate surface area is 93.3 Å². The van der Waals surface area contributed by atoms with Gasteiger partial charge in [0.1, 0.15) is 0 Å². The molecule has 90 valence electrons. The van der Waals surface area contributed by atoms with Gasteiger partial charge in [0.2, 0.25) is 11.8 Å². The number of rotatable bonds is 2. The van der Waals surface area contributed by atoms with Crippen LogP contribution in [-0.4, -0.2) is 47.4 Å². The largest absolute Gasteiger partial charge is 0.409 e. The number of carbonyl (C=O) groups excluding carboxylic acids is 2. The van der Waals surface area contributed by atoms with Crippen LogP contribution in [0.5, 0.6) is 0 Å². The number of nitrogens with zero attached hydrogens (tertiary/aromatic N) is 2. The number of nitrogens with one attached hydrogen (secondary N) is 1. The summed E-state index contributed by atoms with van der Waals surface area (Å²) in [6.45, 7) is 2.64. The van der Waals surface area contributed by atoms with Crippen molar-refractivity contribution in [2.75, 3.05) is 19.6 Å². The van der Waals surface area contributed by atoms with Gasteiger partial charge >= 0.3 is 0 Å². The quantitative estimate of drug-likeness (QED) is 0.237. The average Bonchev–Trinajstić information content (AvgIpc) is 2.50. The van der Waals surface area contributed by atoms with Gasteiger partial charge in [0.05, 0.1) is 12.5 Å². The zero-order chi connectivity index (χ0) is 12.1. The number of nitrogens with two attached hydrogens (primary N) is 1. The zero-order valence-corrected chi connectivity index (χ0v) is 9.14. The molecule has 1 rings (SSSR count). The first-order chi connectivity index (χ1) is 7.56. The first-order valence-electron chi connectivity index (χ1n) is 5.09. The Balaban J connectivity index is 2.68. The summed E-state index contributed by atoms with van der Waals surface area (Å²) in [4.78, 5) is 24.5. The summed E-state index contributed by atoms with van der Waals surface area (Å²) in [5.41, 5.74) is 5.35. The lowest BCUT2D eigenvalue weighted by Crippen LogP contribution is -2.43. The highest BCUT2D eigenvalue weighted by Gasteiger charge is 2.26. The van der Waals surface area contributed by atoms with E-state index in [-0.39, 0.29) is 24.2 Å². The highest BCUT2D eigenvalue weighted by atomic mass is 16.4. The van der Waals surface area contributed by atoms with Crippen LogP contribution in [0.2, 0.25) is 0 Å². The first-order valence-corrected chi connectivity index (χ1v) is 5.09. The Bertz CT molecular complexity index is 316. The Kier molecular flexibility index (Phi) is 4.10. The fourth-order valence-electron chi connectivity index (χ4n) is 1.48. The fourth-order valence-corrected chi connectivity index (χ4v) is 1.48. The van der Waals surface area contributed by atoms with Crippen LogP contribution >= 0.6 is 0 Å². The molecule has 0 aromatic carbocycles. The van der Waals surface area contributed by atoms with Crippen LogP contribution in [0.25, 0.3) is 0 Å². The molecule has 0 aliphatic carbocycles. The molecule has 0 saturated carbocycles. The van der Waals surface area contributed by atoms with E-state index < -0.39 is 5.92 Å². The maximum absolute atomic E-state index is 11.9. The molecule has 0 spiro atoms. The Hall–Kier alpha value is -1.79. The normalized spacial score (nSPS) is 19.9. The zero-order valence-electron chi connectivity index (χ0n) is 9.14. The molecule has 16 heavy (non-hydrogen) atoms. The molecule has 1 atom stereocenters. The van der Waals surface area contributed by atoms with Crippen LogP contribution in [0.1, 0.15) is 13.3 Å². The van der Waals surface area contributed by atoms with E-state index in [0.717, 1.165) is 0 Å². The van der Waals surface area contributed by atoms with Crippen molar-refractivity contribution in [2.45, 2.75) is 13.3 Å². The lowest BCUT2D eigenvalue weighted by atomic mass is 10.1. The molecule has 1 heterocycles. The molecule has 2 amide bonds. The minimum absolute atomic E-state index is 0.0296. The van der Waals surface area contributed by atoms with Crippen LogP contribution in [-0.2, 0) is 9.59 Å². The maximum atomic E-state index is 11.9. The number of hydrogen-bond acceptors (Lipinski definition) is 4. The summed E-state index contributed by atoms with van der Waals surface area (Å²) < 4.78 is 0. The van der Waals surface area contributed by atoms with Gasteiger partial charge in [0, 0.05) is 13.1 Å². The van der Waals surface area contributed by atoms with Gasteiger partial charge in [0.15, 0.2) is 5.84 Å². The van der Waals surface area contributed by atoms with Crippen molar-refractivity contribution < 1.29 is 14.8 Å². The summed E-state index contributed by atoms with van der Waals surface area (Å²) in [5.74, 6) is -1.34. The van der Waals surface area contributed by atoms with Crippen LogP contribution in [0, 0.1) is 5.92 Å². The Morgan fingerprint density at radius 1 is 1.69 bits per heavy atom. The number of amides is 2. The van der Waals surface area contributed by atoms with E-state index in [9.17, 15) is 9.59 Å². The Morgan fingerprint density at radius 3 is 3.00 bits per heavy atom. The summed E-state index contributed by atoms with van der Waals surface area (Å²) in [7, 11) is 0. The molecular weight excluding hydrogens is 212 g/mol. The van der Waals surface area contributed by atoms with Crippen molar-refractivity contribution in [1.82, 2.24) is 10.2 Å². The Morgan fingerprint density at radius 2 is 2.38 bits per heavy atom. The van der Waals surface area contributed by atoms with E-state index in [1.54, 1.807) is 6.92 Å². The standard InChI is InChI=1S/C9H16N4O3/c1-6(8(10)12-16)9(15)13-4-2-3-11-7(14)5-13/h6,16H,2-5H2,1H3,(H2,10,12)(H,11,14). The van der Waals surface area contributed by atoms with E-state index in [2.05, 4.69) is 10.5 Å². The molecule has 0 radical (unpaired) electrons. The lowest BCUT2D eigenvalue weighted by molar-refractivity contribution is -0.136. The fraction of sp³-hybridized carbons (Fsp3) is 0.667. The van der Waals surface area contributed by atoms with E-state index in [1.807, 2.05) is 0 Å². The number of hydrogen-bond donors (Lipinski definition) is 3. The molecule has 0 aromatic heterocycles. The average molecular weight is 228 g/mol. The minimum Gasteiger partial charge on any atom is -0.409 e. The molecule has 0 bridgehead atoms. The van der Waals surface area contributed by atoms with E-state index >= 15 is 0 Å². The van der Waals surface area contributed by atoms with Crippen LogP contribution in [0.15, 0.2) is 5.16 Å². The number of amidine groups is 1. The summed E-state index contributed by atoms with van der Waals surface area (Å²) >= 11 is 0. The third-order valence-corrected chi connectivity index (χ3v) is 2.50. The first kappa shape index (κ1) is 12.3. The lowest BCUT2D eigenvalue weighted by Gasteiger charge is -2.22. The molecule has 1 unspecified atom stereocenters. The molecule has 7 heteroatoms. The van der Waals surface area contributed by atoms with Crippen LogP contribution in [0.3, 0.4) is 0 Å². The second-order valence-electron chi connectivity index (χ2n) is 3.71. The molecule has 1 aliphatic heterocycles. The molecule has 7 nitrogen and oxygen atoms in total. The summed E-state index contributed by atoms with van der Waals surface area (Å²) in [6.07, 6.45) is 0.709. The van der Waals surface area contributed by atoms with Gasteiger partial charge in [-0.15, -0.1) is 0 Å². The predicted octanol–water partition coefficient (Wildman–Crippen LogP) is -1.28. The predicted molar refractivity (Wildman–Crippen MR) is 56.8 cm³/mol. The number of oxime groups is 1. The van der Waals surface area contributed by atoms with E-state index in [0.29, 0.717) is 19.5 Å². The van der Waals surface area contributed by atoms with E-state index in [4.69, 9.17) is 10.9 Å². The molecule has 1 aliphatic rings. The smallest absolute Gasteiger partial charge is 0.239 e. The SMILES string of the molecule is CC(C(=O)N1CCCNC(=O)C1)C(N)=NO. The molecule has 0 aromatic rings. The van der Waals surface area contributed by atoms with E-state index in [1.165, 1.54) is 4.90 Å². The van der Waals surface area contributed by atoms with Crippen molar-refractivity contribution in [2.24, 2.45) is 16.8 Å². The van der Waals surface area contributed by atoms with Crippen LogP contribution < -0.4 is 11.1 Å². The van der Waals surface area contributed by atoms with Gasteiger partial charge in [-0.05, 0) is 13.3 Å². The highest BCUT2D eigenvalue weighted by Crippen LogP contribution is 2.05. The summed E-state index contributed by atoms with van der Waals surface area (Å²) in [6, 6.07) is 0. The van der Waals surface area contributed by atoms with Crippen molar-refractivity contribution >= 4 is 17.6 Å².